The van der Waals surface area contributed by atoms with Crippen molar-refractivity contribution in [1.82, 2.24) is 20.9 Å². The van der Waals surface area contributed by atoms with Gasteiger partial charge < -0.3 is 54.9 Å². The summed E-state index contributed by atoms with van der Waals surface area (Å²) in [7, 11) is -0.0986. The molecule has 0 saturated carbocycles. The molecule has 101 heavy (non-hydrogen) atoms. The van der Waals surface area contributed by atoms with E-state index in [0.717, 1.165) is 35.9 Å². The highest BCUT2D eigenvalue weighted by Gasteiger charge is 2.31. The Bertz CT molecular complexity index is 4110. The summed E-state index contributed by atoms with van der Waals surface area (Å²) in [6, 6.07) is 44.5. The minimum atomic E-state index is -1.61. The molecule has 0 fully saturated rings. The number of aliphatic hydroxyl groups is 2. The maximum atomic E-state index is 14.3. The molecule has 3 amide bonds. The third-order valence-electron chi connectivity index (χ3n) is 14.8. The zero-order chi connectivity index (χ0) is 74.7. The predicted octanol–water partition coefficient (Wildman–Crippen LogP) is 11.5. The molecule has 8 aromatic carbocycles. The molecular weight excluding hydrogens is 1350 g/mol. The Kier molecular flexibility index (Phi) is 31.9. The van der Waals surface area contributed by atoms with E-state index in [1.165, 1.54) is 77.3 Å². The first-order valence-electron chi connectivity index (χ1n) is 31.2. The van der Waals surface area contributed by atoms with Gasteiger partial charge in [0, 0.05) is 66.5 Å². The van der Waals surface area contributed by atoms with Gasteiger partial charge in [-0.3, -0.25) is 27.8 Å². The molecule has 0 heterocycles. The number of hydrogen-bond donors (Lipinski definition) is 5. The molecule has 8 rings (SSSR count). The number of benzene rings is 8. The van der Waals surface area contributed by atoms with Crippen molar-refractivity contribution in [2.75, 3.05) is 48.4 Å². The number of nitrogens with zero attached hydrogens (tertiary/aromatic N) is 3. The van der Waals surface area contributed by atoms with E-state index < -0.39 is 93.0 Å². The lowest BCUT2D eigenvalue weighted by Gasteiger charge is -2.32. The van der Waals surface area contributed by atoms with Gasteiger partial charge >= 0.3 is 6.09 Å². The summed E-state index contributed by atoms with van der Waals surface area (Å²) < 4.78 is 102. The number of rotatable bonds is 28. The molecule has 8 aromatic rings. The average molecular weight is 1430 g/mol. The number of nitrogens with one attached hydrogen (secondary N) is 3. The van der Waals surface area contributed by atoms with Crippen LogP contribution in [0.5, 0.6) is 11.5 Å². The second-order valence-electron chi connectivity index (χ2n) is 23.7. The largest absolute Gasteiger partial charge is 0.497 e. The zero-order valence-corrected chi connectivity index (χ0v) is 58.9. The molecule has 26 heteroatoms. The maximum Gasteiger partial charge on any atom is 0.410 e. The number of carbonyl (C=O) groups is 7. The number of hydrogen-bond acceptors (Lipinski definition) is 15. The van der Waals surface area contributed by atoms with Gasteiger partial charge in [0.2, 0.25) is 0 Å². The SMILES string of the molecule is C=O.C=O.COc1cccc(CN(C[C@@H](O)[C@H](Cc2cc(F)cc(F)c2)NC(=O)c2cc(C(C)=O)cc(N(c3ccccc3)S(C)=O)c2)C(=O)OC(C)(C)C)c1.COc1cccc(CNC[C@@H](O)[C@H](Cc2cc(F)cc(F)c2)NC(=O)c2cc(C(C)=O)cc(N(c3ccccc3)S(C)=O)c2)c1. The van der Waals surface area contributed by atoms with Crippen LogP contribution >= 0.6 is 0 Å². The summed E-state index contributed by atoms with van der Waals surface area (Å²) in [4.78, 5) is 83.5. The molecule has 0 aliphatic rings. The molecule has 20 nitrogen and oxygen atoms in total. The molecule has 0 radical (unpaired) electrons. The fraction of sp³-hybridized carbons (Fsp3) is 0.267. The number of Topliss-reactive ketones (excluding diaryl/α,β-unsaturated/α-hetero) is 2. The molecule has 0 spiro atoms. The number of ether oxygens (including phenoxy) is 3. The summed E-state index contributed by atoms with van der Waals surface area (Å²) in [6.45, 7) is 11.8. The van der Waals surface area contributed by atoms with Crippen molar-refractivity contribution in [3.05, 3.63) is 250 Å². The van der Waals surface area contributed by atoms with E-state index in [2.05, 4.69) is 16.0 Å². The van der Waals surface area contributed by atoms with Gasteiger partial charge in [-0.15, -0.1) is 0 Å². The van der Waals surface area contributed by atoms with E-state index in [0.29, 0.717) is 52.4 Å². The van der Waals surface area contributed by atoms with Gasteiger partial charge in [0.25, 0.3) is 11.8 Å². The molecule has 2 unspecified atom stereocenters. The Morgan fingerprint density at radius 3 is 1.27 bits per heavy atom. The Labute approximate surface area is 589 Å². The van der Waals surface area contributed by atoms with E-state index in [9.17, 15) is 60.2 Å². The second kappa shape index (κ2) is 39.5. The standard InChI is InChI=1S/C39H43F2N3O7S.C34H35F2N3O5S.2CH2O/c1-25(45)28-19-29(21-33(20-28)44(52(6)49)32-12-8-7-9-13-32)37(47)42-35(18-27-15-30(40)22-31(41)16-27)36(46)24-43(38(48)51-39(2,3)4)23-26-11-10-14-34(17-26)50-5;1-22(40)25-16-26(18-30(17-25)39(45(3)43)29-9-5-4-6-10-29)34(42)38-32(15-24-12-27(35)19-28(36)13-24)33(41)21-37-20-23-8-7-11-31(14-23)44-2;2*1-2/h7-17,19-22,35-36,46H,18,23-24H2,1-6H3,(H,42,47);4-14,16-19,32-33,37,41H,15,20-21H2,1-3H3,(H,38,42);2*1H2/t35-,36+,52?;32-,33+,45?;;/m00../s1. The third-order valence-corrected chi connectivity index (χ3v) is 16.7. The Morgan fingerprint density at radius 1 is 0.495 bits per heavy atom. The van der Waals surface area contributed by atoms with Crippen LogP contribution in [0.4, 0.5) is 45.1 Å². The summed E-state index contributed by atoms with van der Waals surface area (Å²) >= 11 is 0. The molecular formula is C75H82F4N6O14S2. The summed E-state index contributed by atoms with van der Waals surface area (Å²) in [5, 5.41) is 31.6. The van der Waals surface area contributed by atoms with Gasteiger partial charge in [0.05, 0.1) is 67.8 Å². The lowest BCUT2D eigenvalue weighted by atomic mass is 9.99. The Balaban J connectivity index is 0.000000350. The molecule has 6 atom stereocenters. The van der Waals surface area contributed by atoms with Gasteiger partial charge in [0.1, 0.15) is 75.9 Å². The minimum Gasteiger partial charge on any atom is -0.497 e. The van der Waals surface area contributed by atoms with Crippen LogP contribution in [0.3, 0.4) is 0 Å². The van der Waals surface area contributed by atoms with Crippen LogP contribution in [-0.4, -0.2) is 136 Å². The number of aliphatic hydroxyl groups excluding tert-OH is 2. The van der Waals surface area contributed by atoms with E-state index in [1.807, 2.05) is 43.9 Å². The molecule has 0 bridgehead atoms. The number of amides is 3. The lowest BCUT2D eigenvalue weighted by molar-refractivity contribution is -0.0987. The van der Waals surface area contributed by atoms with Gasteiger partial charge in [-0.2, -0.15) is 0 Å². The van der Waals surface area contributed by atoms with Crippen molar-refractivity contribution in [3.63, 3.8) is 0 Å². The fourth-order valence-corrected chi connectivity index (χ4v) is 12.0. The quantitative estimate of drug-likeness (QED) is 0.0225. The van der Waals surface area contributed by atoms with E-state index >= 15 is 0 Å². The maximum absolute atomic E-state index is 14.3. The van der Waals surface area contributed by atoms with Crippen LogP contribution in [0, 0.1) is 23.3 Å². The number of para-hydroxylation sites is 2. The molecule has 0 aliphatic carbocycles. The minimum absolute atomic E-state index is 0.00270. The van der Waals surface area contributed by atoms with Crippen LogP contribution in [0.1, 0.15) is 98.3 Å². The highest BCUT2D eigenvalue weighted by atomic mass is 32.2. The fourth-order valence-electron chi connectivity index (χ4n) is 10.3. The summed E-state index contributed by atoms with van der Waals surface area (Å²) in [5.41, 5.74) is 3.30. The van der Waals surface area contributed by atoms with Crippen molar-refractivity contribution < 1.29 is 84.0 Å². The smallest absolute Gasteiger partial charge is 0.410 e. The molecule has 0 aliphatic heterocycles. The predicted molar refractivity (Wildman–Crippen MR) is 381 cm³/mol. The van der Waals surface area contributed by atoms with E-state index in [-0.39, 0.29) is 77.4 Å². The monoisotopic (exact) mass is 1430 g/mol. The average Bonchev–Trinajstić information content (AvgIpc) is 0.810. The third kappa shape index (κ3) is 25.5. The number of halogens is 4. The van der Waals surface area contributed by atoms with E-state index in [4.69, 9.17) is 23.8 Å². The van der Waals surface area contributed by atoms with Crippen LogP contribution < -0.4 is 34.0 Å². The van der Waals surface area contributed by atoms with Crippen molar-refractivity contribution in [2.45, 2.75) is 90.4 Å². The summed E-state index contributed by atoms with van der Waals surface area (Å²) in [5.74, 6) is -4.09. The number of carbonyl (C=O) groups excluding carboxylic acids is 7. The first kappa shape index (κ1) is 81.4. The van der Waals surface area contributed by atoms with Crippen molar-refractivity contribution in [2.24, 2.45) is 0 Å². The van der Waals surface area contributed by atoms with Gasteiger partial charge in [0.15, 0.2) is 11.6 Å². The first-order chi connectivity index (χ1) is 48.1. The van der Waals surface area contributed by atoms with Gasteiger partial charge in [-0.1, -0.05) is 60.7 Å². The normalized spacial score (nSPS) is 12.6. The Hall–Kier alpha value is -10.3. The van der Waals surface area contributed by atoms with Crippen LogP contribution in [0.15, 0.2) is 182 Å². The lowest BCUT2D eigenvalue weighted by Crippen LogP contribution is -2.51. The van der Waals surface area contributed by atoms with Crippen molar-refractivity contribution in [3.8, 4) is 11.5 Å². The van der Waals surface area contributed by atoms with Crippen molar-refractivity contribution >= 4 is 87.8 Å². The molecule has 5 N–H and O–H groups in total. The van der Waals surface area contributed by atoms with Gasteiger partial charge in [-0.05, 0) is 179 Å². The Morgan fingerprint density at radius 2 is 0.881 bits per heavy atom. The second-order valence-corrected chi connectivity index (χ2v) is 26.1. The molecule has 0 saturated heterocycles. The van der Waals surface area contributed by atoms with Crippen LogP contribution in [-0.2, 0) is 62.2 Å². The number of anilines is 4. The van der Waals surface area contributed by atoms with Crippen LogP contribution in [0.25, 0.3) is 0 Å². The topological polar surface area (TPSA) is 268 Å². The number of methoxy groups -OCH3 is 2. The molecule has 536 valence electrons. The zero-order valence-electron chi connectivity index (χ0n) is 57.3. The first-order valence-corrected chi connectivity index (χ1v) is 34.2. The molecule has 0 aromatic heterocycles. The summed E-state index contributed by atoms with van der Waals surface area (Å²) in [6.07, 6.45) is -0.800. The van der Waals surface area contributed by atoms with Crippen LogP contribution in [0.2, 0.25) is 0 Å². The van der Waals surface area contributed by atoms with Crippen molar-refractivity contribution in [1.29, 1.82) is 0 Å². The number of ketones is 2. The van der Waals surface area contributed by atoms with Gasteiger partial charge in [-0.25, -0.2) is 30.8 Å². The highest BCUT2D eigenvalue weighted by molar-refractivity contribution is 7.86. The van der Waals surface area contributed by atoms with E-state index in [1.54, 1.807) is 113 Å². The highest BCUT2D eigenvalue weighted by Crippen LogP contribution is 2.32.